The number of aromatic nitrogens is 4. The summed E-state index contributed by atoms with van der Waals surface area (Å²) in [7, 11) is 0. The zero-order chi connectivity index (χ0) is 17.2. The first kappa shape index (κ1) is 15.1. The molecule has 2 aromatic carbocycles. The van der Waals surface area contributed by atoms with Crippen molar-refractivity contribution in [1.29, 1.82) is 0 Å². The van der Waals surface area contributed by atoms with Crippen LogP contribution in [0.5, 0.6) is 0 Å². The van der Waals surface area contributed by atoms with Gasteiger partial charge >= 0.3 is 0 Å². The number of benzene rings is 2. The number of aromatic amines is 1. The monoisotopic (exact) mass is 331 g/mol. The Balaban J connectivity index is 1.57. The van der Waals surface area contributed by atoms with Gasteiger partial charge in [0.2, 0.25) is 5.91 Å². The lowest BCUT2D eigenvalue weighted by molar-refractivity contribution is -0.118. The molecule has 4 aromatic rings. The summed E-state index contributed by atoms with van der Waals surface area (Å²) >= 11 is 0. The second kappa shape index (κ2) is 6.24. The number of hydrogen-bond donors (Lipinski definition) is 2. The maximum absolute atomic E-state index is 12.7. The van der Waals surface area contributed by atoms with Gasteiger partial charge in [0, 0.05) is 17.4 Å². The Hall–Kier alpha value is -3.41. The second-order valence-corrected chi connectivity index (χ2v) is 5.87. The highest BCUT2D eigenvalue weighted by molar-refractivity contribution is 5.95. The van der Waals surface area contributed by atoms with E-state index >= 15 is 0 Å². The van der Waals surface area contributed by atoms with Crippen LogP contribution in [0, 0.1) is 0 Å². The number of imidazole rings is 1. The van der Waals surface area contributed by atoms with Crippen LogP contribution in [0.15, 0.2) is 67.3 Å². The molecule has 1 atom stereocenters. The van der Waals surface area contributed by atoms with E-state index in [1.807, 2.05) is 66.2 Å². The molecule has 0 saturated heterocycles. The van der Waals surface area contributed by atoms with Crippen LogP contribution in [0.3, 0.4) is 0 Å². The summed E-state index contributed by atoms with van der Waals surface area (Å²) < 4.78 is 1.88. The Morgan fingerprint density at radius 1 is 1.16 bits per heavy atom. The maximum atomic E-state index is 12.7. The molecule has 0 aliphatic rings. The molecule has 124 valence electrons. The molecule has 1 unspecified atom stereocenters. The lowest BCUT2D eigenvalue weighted by Gasteiger charge is -2.15. The summed E-state index contributed by atoms with van der Waals surface area (Å²) in [5.74, 6) is -0.0903. The highest BCUT2D eigenvalue weighted by Gasteiger charge is 2.17. The van der Waals surface area contributed by atoms with Crippen LogP contribution < -0.4 is 5.32 Å². The largest absolute Gasteiger partial charge is 0.324 e. The molecule has 0 aliphatic heterocycles. The van der Waals surface area contributed by atoms with Gasteiger partial charge in [-0.2, -0.15) is 5.10 Å². The van der Waals surface area contributed by atoms with Crippen molar-refractivity contribution in [2.24, 2.45) is 0 Å². The number of nitrogens with zero attached hydrogens (tertiary/aromatic N) is 3. The smallest absolute Gasteiger partial charge is 0.247 e. The van der Waals surface area contributed by atoms with E-state index in [2.05, 4.69) is 20.5 Å². The van der Waals surface area contributed by atoms with E-state index in [9.17, 15) is 4.79 Å². The van der Waals surface area contributed by atoms with Crippen LogP contribution in [-0.2, 0) is 4.79 Å². The van der Waals surface area contributed by atoms with Crippen LogP contribution in [0.4, 0.5) is 5.69 Å². The summed E-state index contributed by atoms with van der Waals surface area (Å²) in [4.78, 5) is 17.0. The van der Waals surface area contributed by atoms with Gasteiger partial charge in [0.15, 0.2) is 0 Å². The SMILES string of the molecule is CC(C(=O)Nc1cccc(-c2cn[nH]c2)c1)n1cnc2ccccc21. The van der Waals surface area contributed by atoms with Crippen molar-refractivity contribution in [3.63, 3.8) is 0 Å². The van der Waals surface area contributed by atoms with Gasteiger partial charge in [0.05, 0.1) is 23.6 Å². The highest BCUT2D eigenvalue weighted by Crippen LogP contribution is 2.23. The van der Waals surface area contributed by atoms with E-state index in [1.165, 1.54) is 0 Å². The molecule has 2 heterocycles. The molecule has 25 heavy (non-hydrogen) atoms. The fourth-order valence-electron chi connectivity index (χ4n) is 2.85. The minimum atomic E-state index is -0.370. The number of hydrogen-bond acceptors (Lipinski definition) is 3. The van der Waals surface area contributed by atoms with Crippen molar-refractivity contribution in [2.45, 2.75) is 13.0 Å². The lowest BCUT2D eigenvalue weighted by Crippen LogP contribution is -2.23. The fraction of sp³-hybridized carbons (Fsp3) is 0.105. The minimum absolute atomic E-state index is 0.0903. The molecule has 6 heteroatoms. The van der Waals surface area contributed by atoms with E-state index in [1.54, 1.807) is 12.5 Å². The predicted molar refractivity (Wildman–Crippen MR) is 97.1 cm³/mol. The number of fused-ring (bicyclic) bond motifs is 1. The topological polar surface area (TPSA) is 75.6 Å². The van der Waals surface area contributed by atoms with Crippen molar-refractivity contribution in [1.82, 2.24) is 19.7 Å². The molecule has 0 fully saturated rings. The molecule has 1 amide bonds. The first-order valence-electron chi connectivity index (χ1n) is 8.04. The number of carbonyl (C=O) groups excluding carboxylic acids is 1. The number of amides is 1. The number of nitrogens with one attached hydrogen (secondary N) is 2. The van der Waals surface area contributed by atoms with Crippen LogP contribution >= 0.6 is 0 Å². The Morgan fingerprint density at radius 2 is 2.04 bits per heavy atom. The fourth-order valence-corrected chi connectivity index (χ4v) is 2.85. The van der Waals surface area contributed by atoms with Gasteiger partial charge in [-0.3, -0.25) is 9.89 Å². The third kappa shape index (κ3) is 2.89. The van der Waals surface area contributed by atoms with Crippen LogP contribution in [0.1, 0.15) is 13.0 Å². The Kier molecular flexibility index (Phi) is 3.78. The first-order valence-corrected chi connectivity index (χ1v) is 8.04. The molecule has 0 radical (unpaired) electrons. The Morgan fingerprint density at radius 3 is 2.88 bits per heavy atom. The average Bonchev–Trinajstić information content (AvgIpc) is 3.31. The van der Waals surface area contributed by atoms with Gasteiger partial charge in [-0.15, -0.1) is 0 Å². The molecule has 2 aromatic heterocycles. The van der Waals surface area contributed by atoms with E-state index in [0.29, 0.717) is 0 Å². The van der Waals surface area contributed by atoms with Crippen LogP contribution in [0.2, 0.25) is 0 Å². The summed E-state index contributed by atoms with van der Waals surface area (Å²) in [6, 6.07) is 15.1. The van der Waals surface area contributed by atoms with Crippen molar-refractivity contribution in [3.05, 3.63) is 67.3 Å². The van der Waals surface area contributed by atoms with E-state index in [-0.39, 0.29) is 11.9 Å². The Bertz CT molecular complexity index is 1020. The van der Waals surface area contributed by atoms with Gasteiger partial charge in [-0.25, -0.2) is 4.98 Å². The predicted octanol–water partition coefficient (Wildman–Crippen LogP) is 3.63. The molecule has 4 rings (SSSR count). The minimum Gasteiger partial charge on any atom is -0.324 e. The summed E-state index contributed by atoms with van der Waals surface area (Å²) in [6.45, 7) is 1.86. The molecular formula is C19H17N5O. The normalized spacial score (nSPS) is 12.2. The molecule has 0 spiro atoms. The lowest BCUT2D eigenvalue weighted by atomic mass is 10.1. The van der Waals surface area contributed by atoms with Crippen molar-refractivity contribution in [2.75, 3.05) is 5.32 Å². The number of rotatable bonds is 4. The quantitative estimate of drug-likeness (QED) is 0.599. The number of anilines is 1. The highest BCUT2D eigenvalue weighted by atomic mass is 16.2. The molecule has 0 saturated carbocycles. The zero-order valence-electron chi connectivity index (χ0n) is 13.7. The number of H-pyrrole nitrogens is 1. The van der Waals surface area contributed by atoms with Crippen molar-refractivity contribution >= 4 is 22.6 Å². The molecule has 2 N–H and O–H groups in total. The maximum Gasteiger partial charge on any atom is 0.247 e. The van der Waals surface area contributed by atoms with Gasteiger partial charge < -0.3 is 9.88 Å². The summed E-state index contributed by atoms with van der Waals surface area (Å²) in [5.41, 5.74) is 4.54. The standard InChI is InChI=1S/C19H17N5O/c1-13(24-12-20-17-7-2-3-8-18(17)24)19(25)23-16-6-4-5-14(9-16)15-10-21-22-11-15/h2-13H,1H3,(H,21,22)(H,23,25). The third-order valence-electron chi connectivity index (χ3n) is 4.24. The van der Waals surface area contributed by atoms with Crippen molar-refractivity contribution in [3.8, 4) is 11.1 Å². The summed E-state index contributed by atoms with van der Waals surface area (Å²) in [5, 5.41) is 9.73. The van der Waals surface area contributed by atoms with Crippen LogP contribution in [-0.4, -0.2) is 25.7 Å². The van der Waals surface area contributed by atoms with E-state index in [4.69, 9.17) is 0 Å². The van der Waals surface area contributed by atoms with Gasteiger partial charge in [0.1, 0.15) is 6.04 Å². The van der Waals surface area contributed by atoms with E-state index in [0.717, 1.165) is 27.8 Å². The molecule has 0 bridgehead atoms. The number of carbonyl (C=O) groups is 1. The van der Waals surface area contributed by atoms with Crippen LogP contribution in [0.25, 0.3) is 22.2 Å². The summed E-state index contributed by atoms with van der Waals surface area (Å²) in [6.07, 6.45) is 5.28. The van der Waals surface area contributed by atoms with E-state index < -0.39 is 0 Å². The van der Waals surface area contributed by atoms with Gasteiger partial charge in [-0.1, -0.05) is 24.3 Å². The second-order valence-electron chi connectivity index (χ2n) is 5.87. The average molecular weight is 331 g/mol. The molecule has 0 aliphatic carbocycles. The number of para-hydroxylation sites is 2. The van der Waals surface area contributed by atoms with Gasteiger partial charge in [0.25, 0.3) is 0 Å². The first-order chi connectivity index (χ1) is 12.2. The zero-order valence-corrected chi connectivity index (χ0v) is 13.7. The Labute approximate surface area is 144 Å². The third-order valence-corrected chi connectivity index (χ3v) is 4.24. The van der Waals surface area contributed by atoms with Gasteiger partial charge in [-0.05, 0) is 36.8 Å². The molecule has 6 nitrogen and oxygen atoms in total. The van der Waals surface area contributed by atoms with Crippen molar-refractivity contribution < 1.29 is 4.79 Å². The molecular weight excluding hydrogens is 314 g/mol.